The van der Waals surface area contributed by atoms with E-state index < -0.39 is 20.7 Å². The lowest BCUT2D eigenvalue weighted by Gasteiger charge is -2.19. The van der Waals surface area contributed by atoms with Crippen LogP contribution in [0.5, 0.6) is 0 Å². The monoisotopic (exact) mass is 462 g/mol. The second-order valence-corrected chi connectivity index (χ2v) is 9.47. The minimum absolute atomic E-state index is 0.0844. The molecule has 0 saturated heterocycles. The molecule has 2 aromatic heterocycles. The van der Waals surface area contributed by atoms with E-state index in [1.54, 1.807) is 17.8 Å². The Bertz CT molecular complexity index is 1310. The molecule has 0 radical (unpaired) electrons. The fourth-order valence-corrected chi connectivity index (χ4v) is 5.27. The number of anilines is 2. The highest BCUT2D eigenvalue weighted by molar-refractivity contribution is 7.93. The zero-order valence-electron chi connectivity index (χ0n) is 15.6. The van der Waals surface area contributed by atoms with E-state index in [0.717, 1.165) is 39.8 Å². The fourth-order valence-electron chi connectivity index (χ4n) is 3.11. The molecule has 154 valence electrons. The van der Waals surface area contributed by atoms with Gasteiger partial charge in [0.2, 0.25) is 0 Å². The smallest absolute Gasteiger partial charge is 0.266 e. The first-order valence-corrected chi connectivity index (χ1v) is 11.6. The second kappa shape index (κ2) is 8.17. The van der Waals surface area contributed by atoms with Crippen molar-refractivity contribution in [3.05, 3.63) is 76.8 Å². The lowest BCUT2D eigenvalue weighted by atomic mass is 10.0. The maximum atomic E-state index is 14.7. The van der Waals surface area contributed by atoms with E-state index in [4.69, 9.17) is 11.6 Å². The van der Waals surface area contributed by atoms with Crippen molar-refractivity contribution in [2.24, 2.45) is 0 Å². The molecular formula is C20H16ClFN4O2S2. The molecule has 0 amide bonds. The molecule has 4 aromatic rings. The normalized spacial score (nSPS) is 12.6. The molecule has 0 aliphatic rings. The van der Waals surface area contributed by atoms with Crippen LogP contribution < -0.4 is 10.0 Å². The molecule has 0 bridgehead atoms. The molecule has 6 nitrogen and oxygen atoms in total. The van der Waals surface area contributed by atoms with E-state index in [1.165, 1.54) is 6.20 Å². The van der Waals surface area contributed by atoms with Crippen molar-refractivity contribution in [1.29, 1.82) is 0 Å². The summed E-state index contributed by atoms with van der Waals surface area (Å²) in [6.45, 7) is 1.91. The van der Waals surface area contributed by atoms with Gasteiger partial charge in [0, 0.05) is 35.4 Å². The lowest BCUT2D eigenvalue weighted by Crippen LogP contribution is -2.15. The molecule has 0 saturated carbocycles. The number of rotatable bonds is 6. The minimum atomic E-state index is -4.16. The summed E-state index contributed by atoms with van der Waals surface area (Å²) in [6, 6.07) is 9.71. The Morgan fingerprint density at radius 2 is 2.03 bits per heavy atom. The Balaban J connectivity index is 1.63. The van der Waals surface area contributed by atoms with E-state index in [0.29, 0.717) is 0 Å². The van der Waals surface area contributed by atoms with Crippen molar-refractivity contribution in [2.45, 2.75) is 17.9 Å². The summed E-state index contributed by atoms with van der Waals surface area (Å²) in [6.07, 6.45) is 4.93. The van der Waals surface area contributed by atoms with Crippen LogP contribution in [0.2, 0.25) is 5.02 Å². The van der Waals surface area contributed by atoms with E-state index >= 15 is 0 Å². The van der Waals surface area contributed by atoms with Gasteiger partial charge in [-0.15, -0.1) is 11.3 Å². The number of halogens is 2. The first kappa shape index (κ1) is 20.5. The predicted octanol–water partition coefficient (Wildman–Crippen LogP) is 5.46. The molecule has 10 heteroatoms. The second-order valence-electron chi connectivity index (χ2n) is 6.52. The molecule has 0 spiro atoms. The van der Waals surface area contributed by atoms with E-state index in [9.17, 15) is 12.8 Å². The third kappa shape index (κ3) is 4.09. The van der Waals surface area contributed by atoms with Crippen LogP contribution in [0.1, 0.15) is 18.5 Å². The number of benzene rings is 2. The summed E-state index contributed by atoms with van der Waals surface area (Å²) in [5.74, 6) is -0.919. The van der Waals surface area contributed by atoms with Crippen LogP contribution in [0.3, 0.4) is 0 Å². The maximum absolute atomic E-state index is 14.7. The van der Waals surface area contributed by atoms with Gasteiger partial charge in [0.1, 0.15) is 10.7 Å². The summed E-state index contributed by atoms with van der Waals surface area (Å²) >= 11 is 7.38. The van der Waals surface area contributed by atoms with Gasteiger partial charge >= 0.3 is 0 Å². The van der Waals surface area contributed by atoms with Gasteiger partial charge in [0.25, 0.3) is 10.0 Å². The molecule has 0 aliphatic heterocycles. The quantitative estimate of drug-likeness (QED) is 0.397. The van der Waals surface area contributed by atoms with Crippen molar-refractivity contribution in [3.8, 4) is 0 Å². The summed E-state index contributed by atoms with van der Waals surface area (Å²) in [5, 5.41) is 6.99. The fraction of sp³-hybridized carbons (Fsp3) is 0.100. The topological polar surface area (TPSA) is 84.0 Å². The molecule has 30 heavy (non-hydrogen) atoms. The molecule has 2 heterocycles. The maximum Gasteiger partial charge on any atom is 0.266 e. The van der Waals surface area contributed by atoms with Crippen molar-refractivity contribution < 1.29 is 12.8 Å². The van der Waals surface area contributed by atoms with Gasteiger partial charge in [-0.05, 0) is 36.1 Å². The number of nitrogens with one attached hydrogen (secondary N) is 2. The molecule has 2 aromatic carbocycles. The SMILES string of the molecule is C[C@H](Nc1cc(F)c(S(=O)(=O)Nc2nccs2)cc1Cl)c1cccc2ccncc12. The van der Waals surface area contributed by atoms with Crippen LogP contribution >= 0.6 is 22.9 Å². The number of fused-ring (bicyclic) bond motifs is 1. The van der Waals surface area contributed by atoms with Crippen LogP contribution in [0.4, 0.5) is 15.2 Å². The van der Waals surface area contributed by atoms with Crippen molar-refractivity contribution in [3.63, 3.8) is 0 Å². The van der Waals surface area contributed by atoms with Crippen LogP contribution in [0.15, 0.2) is 65.3 Å². The van der Waals surface area contributed by atoms with Crippen LogP contribution in [0.25, 0.3) is 10.8 Å². The first-order chi connectivity index (χ1) is 14.3. The molecule has 0 unspecified atom stereocenters. The number of hydrogen-bond acceptors (Lipinski definition) is 6. The van der Waals surface area contributed by atoms with Gasteiger partial charge < -0.3 is 5.32 Å². The average Bonchev–Trinajstić information content (AvgIpc) is 3.22. The molecule has 0 fully saturated rings. The van der Waals surface area contributed by atoms with Crippen LogP contribution in [-0.2, 0) is 10.0 Å². The summed E-state index contributed by atoms with van der Waals surface area (Å²) < 4.78 is 42.0. The Morgan fingerprint density at radius 3 is 2.80 bits per heavy atom. The highest BCUT2D eigenvalue weighted by Crippen LogP contribution is 2.33. The van der Waals surface area contributed by atoms with Gasteiger partial charge in [-0.1, -0.05) is 29.8 Å². The number of thiazole rings is 1. The van der Waals surface area contributed by atoms with E-state index in [-0.39, 0.29) is 21.9 Å². The van der Waals surface area contributed by atoms with Gasteiger partial charge in [0.05, 0.1) is 10.7 Å². The highest BCUT2D eigenvalue weighted by Gasteiger charge is 2.23. The van der Waals surface area contributed by atoms with E-state index in [1.807, 2.05) is 31.2 Å². The van der Waals surface area contributed by atoms with Crippen LogP contribution in [-0.4, -0.2) is 18.4 Å². The summed E-state index contributed by atoms with van der Waals surface area (Å²) in [7, 11) is -4.16. The Labute approximate surface area is 181 Å². The van der Waals surface area contributed by atoms with E-state index in [2.05, 4.69) is 20.0 Å². The molecule has 2 N–H and O–H groups in total. The van der Waals surface area contributed by atoms with Gasteiger partial charge in [-0.3, -0.25) is 9.71 Å². The highest BCUT2D eigenvalue weighted by atomic mass is 35.5. The third-order valence-electron chi connectivity index (χ3n) is 4.52. The minimum Gasteiger partial charge on any atom is -0.377 e. The summed E-state index contributed by atoms with van der Waals surface area (Å²) in [5.41, 5.74) is 1.25. The Hall–Kier alpha value is -2.75. The van der Waals surface area contributed by atoms with Crippen LogP contribution in [0, 0.1) is 5.82 Å². The number of nitrogens with zero attached hydrogens (tertiary/aromatic N) is 2. The molecule has 0 aliphatic carbocycles. The Morgan fingerprint density at radius 1 is 1.20 bits per heavy atom. The first-order valence-electron chi connectivity index (χ1n) is 8.86. The average molecular weight is 463 g/mol. The number of aromatic nitrogens is 2. The number of hydrogen-bond donors (Lipinski definition) is 2. The molecular weight excluding hydrogens is 447 g/mol. The van der Waals surface area contributed by atoms with Gasteiger partial charge in [-0.25, -0.2) is 17.8 Å². The molecule has 4 rings (SSSR count). The standard InChI is InChI=1S/C20H16ClFN4O2S2/c1-12(14-4-2-3-13-5-6-23-11-15(13)14)25-18-10-17(22)19(9-16(18)21)30(27,28)26-20-24-7-8-29-20/h2-12,25H,1H3,(H,24,26)/t12-/m0/s1. The number of pyridine rings is 1. The largest absolute Gasteiger partial charge is 0.377 e. The zero-order valence-corrected chi connectivity index (χ0v) is 18.0. The van der Waals surface area contributed by atoms with Crippen molar-refractivity contribution in [1.82, 2.24) is 9.97 Å². The van der Waals surface area contributed by atoms with Crippen molar-refractivity contribution in [2.75, 3.05) is 10.0 Å². The summed E-state index contributed by atoms with van der Waals surface area (Å²) in [4.78, 5) is 7.48. The Kier molecular flexibility index (Phi) is 5.59. The third-order valence-corrected chi connectivity index (χ3v) is 7.01. The van der Waals surface area contributed by atoms with Crippen molar-refractivity contribution >= 4 is 54.6 Å². The van der Waals surface area contributed by atoms with Gasteiger partial charge in [-0.2, -0.15) is 0 Å². The lowest BCUT2D eigenvalue weighted by molar-refractivity contribution is 0.570. The predicted molar refractivity (Wildman–Crippen MR) is 118 cm³/mol. The zero-order chi connectivity index (χ0) is 21.3. The van der Waals surface area contributed by atoms with Gasteiger partial charge in [0.15, 0.2) is 5.13 Å². The number of sulfonamides is 1. The molecule has 1 atom stereocenters.